The van der Waals surface area contributed by atoms with Gasteiger partial charge in [0.05, 0.1) is 0 Å². The predicted octanol–water partition coefficient (Wildman–Crippen LogP) is 4.89. The molecule has 1 unspecified atom stereocenters. The molecular formula is C33H31FN2O4. The lowest BCUT2D eigenvalue weighted by Crippen LogP contribution is -2.49. The maximum atomic E-state index is 13.9. The third kappa shape index (κ3) is 5.25. The van der Waals surface area contributed by atoms with E-state index in [1.165, 1.54) is 29.0 Å². The summed E-state index contributed by atoms with van der Waals surface area (Å²) in [5.74, 6) is -1.76. The molecule has 7 heteroatoms. The first-order valence-corrected chi connectivity index (χ1v) is 13.4. The zero-order chi connectivity index (χ0) is 28.3. The average Bonchev–Trinajstić information content (AvgIpc) is 3.00. The van der Waals surface area contributed by atoms with Crippen LogP contribution in [0.15, 0.2) is 108 Å². The summed E-state index contributed by atoms with van der Waals surface area (Å²) < 4.78 is 14.7. The summed E-state index contributed by atoms with van der Waals surface area (Å²) in [5, 5.41) is 12.2. The lowest BCUT2D eigenvalue weighted by Gasteiger charge is -2.43. The number of halogens is 1. The highest BCUT2D eigenvalue weighted by Gasteiger charge is 2.43. The van der Waals surface area contributed by atoms with Gasteiger partial charge >= 0.3 is 0 Å². The van der Waals surface area contributed by atoms with Gasteiger partial charge in [0, 0.05) is 30.9 Å². The summed E-state index contributed by atoms with van der Waals surface area (Å²) in [6.07, 6.45) is 2.49. The van der Waals surface area contributed by atoms with Crippen molar-refractivity contribution in [2.24, 2.45) is 5.92 Å². The van der Waals surface area contributed by atoms with Gasteiger partial charge in [-0.3, -0.25) is 19.0 Å². The number of ketones is 1. The second-order valence-electron chi connectivity index (χ2n) is 10.3. The van der Waals surface area contributed by atoms with Gasteiger partial charge in [0.1, 0.15) is 11.4 Å². The van der Waals surface area contributed by atoms with Crippen molar-refractivity contribution in [2.45, 2.75) is 31.4 Å². The van der Waals surface area contributed by atoms with Gasteiger partial charge in [0.15, 0.2) is 11.8 Å². The number of nitrogens with zero attached hydrogens (tertiary/aromatic N) is 2. The van der Waals surface area contributed by atoms with Gasteiger partial charge in [0.2, 0.25) is 0 Å². The molecule has 0 saturated carbocycles. The van der Waals surface area contributed by atoms with Crippen LogP contribution in [0.5, 0.6) is 0 Å². The van der Waals surface area contributed by atoms with Gasteiger partial charge in [-0.05, 0) is 66.6 Å². The first-order chi connectivity index (χ1) is 19.3. The number of carbonyl (C=O) groups excluding carboxylic acids is 2. The minimum atomic E-state index is -1.42. The van der Waals surface area contributed by atoms with E-state index >= 15 is 0 Å². The maximum Gasteiger partial charge on any atom is 0.253 e. The quantitative estimate of drug-likeness (QED) is 0.268. The van der Waals surface area contributed by atoms with Gasteiger partial charge in [-0.1, -0.05) is 66.7 Å². The number of carbonyl (C=O) groups is 2. The molecule has 1 N–H and O–H groups in total. The number of hydrogen-bond donors (Lipinski definition) is 1. The Hall–Kier alpha value is -4.36. The van der Waals surface area contributed by atoms with E-state index in [2.05, 4.69) is 0 Å². The highest BCUT2D eigenvalue weighted by molar-refractivity contribution is 6.11. The number of aromatic nitrogens is 1. The number of benzene rings is 3. The van der Waals surface area contributed by atoms with Crippen molar-refractivity contribution in [3.05, 3.63) is 142 Å². The fourth-order valence-electron chi connectivity index (χ4n) is 5.66. The molecule has 1 saturated heterocycles. The lowest BCUT2D eigenvalue weighted by molar-refractivity contribution is -0.136. The molecule has 1 amide bonds. The Labute approximate surface area is 232 Å². The minimum Gasteiger partial charge on any atom is -0.380 e. The van der Waals surface area contributed by atoms with Crippen LogP contribution >= 0.6 is 0 Å². The van der Waals surface area contributed by atoms with Crippen LogP contribution in [0.2, 0.25) is 0 Å². The number of aliphatic hydroxyl groups is 1. The third-order valence-corrected chi connectivity index (χ3v) is 7.80. The molecule has 0 spiro atoms. The minimum absolute atomic E-state index is 0.144. The number of likely N-dealkylation sites (tertiary alicyclic amines) is 1. The largest absolute Gasteiger partial charge is 0.380 e. The van der Waals surface area contributed by atoms with E-state index in [4.69, 9.17) is 0 Å². The normalized spacial score (nSPS) is 15.0. The van der Waals surface area contributed by atoms with Gasteiger partial charge in [-0.2, -0.15) is 0 Å². The van der Waals surface area contributed by atoms with Crippen LogP contribution in [0, 0.1) is 18.7 Å². The fraction of sp³-hybridized carbons (Fsp3) is 0.242. The second-order valence-corrected chi connectivity index (χ2v) is 10.3. The van der Waals surface area contributed by atoms with E-state index in [1.54, 1.807) is 17.9 Å². The van der Waals surface area contributed by atoms with E-state index in [1.807, 2.05) is 60.7 Å². The molecule has 1 aliphatic rings. The number of amides is 1. The molecule has 6 nitrogen and oxygen atoms in total. The van der Waals surface area contributed by atoms with Gasteiger partial charge in [0.25, 0.3) is 11.5 Å². The van der Waals surface area contributed by atoms with Crippen molar-refractivity contribution in [1.82, 2.24) is 9.47 Å². The number of Topliss-reactive ketones (excluding diaryl/α,β-unsaturated/α-hetero) is 1. The summed E-state index contributed by atoms with van der Waals surface area (Å²) >= 11 is 0. The zero-order valence-corrected chi connectivity index (χ0v) is 22.2. The highest BCUT2D eigenvalue weighted by atomic mass is 19.1. The Balaban J connectivity index is 1.44. The molecule has 1 atom stereocenters. The monoisotopic (exact) mass is 538 g/mol. The molecule has 0 aliphatic carbocycles. The van der Waals surface area contributed by atoms with Crippen LogP contribution in [0.1, 0.15) is 45.9 Å². The molecule has 1 fully saturated rings. The molecule has 1 aromatic heterocycles. The summed E-state index contributed by atoms with van der Waals surface area (Å²) in [4.78, 5) is 42.0. The molecular weight excluding hydrogens is 507 g/mol. The molecule has 0 bridgehead atoms. The fourth-order valence-corrected chi connectivity index (χ4v) is 5.66. The Bertz CT molecular complexity index is 1500. The van der Waals surface area contributed by atoms with Crippen LogP contribution < -0.4 is 5.56 Å². The molecule has 2 heterocycles. The zero-order valence-electron chi connectivity index (χ0n) is 22.2. The number of rotatable bonds is 7. The van der Waals surface area contributed by atoms with E-state index in [0.717, 1.165) is 28.8 Å². The predicted molar refractivity (Wildman–Crippen MR) is 150 cm³/mol. The van der Waals surface area contributed by atoms with Crippen LogP contribution in [0.25, 0.3) is 0 Å². The summed E-state index contributed by atoms with van der Waals surface area (Å²) in [6.45, 7) is 2.39. The molecule has 204 valence electrons. The molecule has 0 radical (unpaired) electrons. The van der Waals surface area contributed by atoms with E-state index in [9.17, 15) is 23.9 Å². The topological polar surface area (TPSA) is 79.6 Å². The Morgan fingerprint density at radius 3 is 1.95 bits per heavy atom. The van der Waals surface area contributed by atoms with Crippen LogP contribution in [0.4, 0.5) is 4.39 Å². The van der Waals surface area contributed by atoms with Crippen molar-refractivity contribution in [3.63, 3.8) is 0 Å². The lowest BCUT2D eigenvalue weighted by atomic mass is 9.72. The van der Waals surface area contributed by atoms with Crippen molar-refractivity contribution in [2.75, 3.05) is 13.1 Å². The number of hydrogen-bond acceptors (Lipinski definition) is 4. The second kappa shape index (κ2) is 11.4. The number of aryl methyl sites for hydroxylation is 1. The molecule has 1 aliphatic heterocycles. The number of pyridine rings is 1. The molecule has 3 aromatic carbocycles. The first-order valence-electron chi connectivity index (χ1n) is 13.4. The molecule has 4 aromatic rings. The standard InChI is InChI=1S/C33H31FN2O4/c1-23-12-17-29(37)36(22-23)30(31(38)24-13-15-28(34)16-14-24)32(39)35-20-18-27(19-21-35)33(40,25-8-4-2-5-9-25)26-10-6-3-7-11-26/h2-17,22,27,30,40H,18-21H2,1H3. The number of piperidine rings is 1. The first kappa shape index (κ1) is 27.2. The summed E-state index contributed by atoms with van der Waals surface area (Å²) in [7, 11) is 0. The van der Waals surface area contributed by atoms with Crippen molar-refractivity contribution in [1.29, 1.82) is 0 Å². The van der Waals surface area contributed by atoms with Gasteiger partial charge < -0.3 is 10.0 Å². The van der Waals surface area contributed by atoms with E-state index in [-0.39, 0.29) is 11.5 Å². The van der Waals surface area contributed by atoms with Crippen molar-refractivity contribution >= 4 is 11.7 Å². The summed E-state index contributed by atoms with van der Waals surface area (Å²) in [5.41, 5.74) is 0.693. The van der Waals surface area contributed by atoms with E-state index < -0.39 is 34.7 Å². The van der Waals surface area contributed by atoms with E-state index in [0.29, 0.717) is 25.9 Å². The SMILES string of the molecule is Cc1ccc(=O)n(C(C(=O)c2ccc(F)cc2)C(=O)N2CCC(C(O)(c3ccccc3)c3ccccc3)CC2)c1. The van der Waals surface area contributed by atoms with Crippen LogP contribution in [-0.2, 0) is 10.4 Å². The van der Waals surface area contributed by atoms with Crippen molar-refractivity contribution < 1.29 is 19.1 Å². The highest BCUT2D eigenvalue weighted by Crippen LogP contribution is 2.42. The van der Waals surface area contributed by atoms with Gasteiger partial charge in [-0.25, -0.2) is 4.39 Å². The molecule has 5 rings (SSSR count). The summed E-state index contributed by atoms with van der Waals surface area (Å²) in [6, 6.07) is 25.5. The van der Waals surface area contributed by atoms with Crippen LogP contribution in [0.3, 0.4) is 0 Å². The van der Waals surface area contributed by atoms with Crippen LogP contribution in [-0.4, -0.2) is 39.4 Å². The smallest absolute Gasteiger partial charge is 0.253 e. The van der Waals surface area contributed by atoms with Crippen molar-refractivity contribution in [3.8, 4) is 0 Å². The Kier molecular flexibility index (Phi) is 7.76. The maximum absolute atomic E-state index is 13.9. The Morgan fingerprint density at radius 2 is 1.40 bits per heavy atom. The third-order valence-electron chi connectivity index (χ3n) is 7.80. The Morgan fingerprint density at radius 1 is 0.850 bits per heavy atom. The molecule has 40 heavy (non-hydrogen) atoms. The average molecular weight is 539 g/mol. The van der Waals surface area contributed by atoms with Gasteiger partial charge in [-0.15, -0.1) is 0 Å².